The third-order valence-electron chi connectivity index (χ3n) is 4.72. The number of benzene rings is 2. The maximum Gasteiger partial charge on any atom is 0.178 e. The summed E-state index contributed by atoms with van der Waals surface area (Å²) < 4.78 is 5.85. The van der Waals surface area contributed by atoms with Crippen molar-refractivity contribution in [3.63, 3.8) is 0 Å². The number of unbranched alkanes of at least 4 members (excludes halogenated alkanes) is 2. The summed E-state index contributed by atoms with van der Waals surface area (Å²) in [6.45, 7) is 4.55. The maximum absolute atomic E-state index is 10.4. The molecule has 0 heterocycles. The molecule has 2 aromatic rings. The van der Waals surface area contributed by atoms with Crippen molar-refractivity contribution in [3.8, 4) is 5.75 Å². The zero-order valence-corrected chi connectivity index (χ0v) is 15.6. The molecule has 0 aliphatic rings. The van der Waals surface area contributed by atoms with Crippen molar-refractivity contribution in [2.24, 2.45) is 0 Å². The Morgan fingerprint density at radius 1 is 0.923 bits per heavy atom. The molecule has 2 atom stereocenters. The lowest BCUT2D eigenvalue weighted by Crippen LogP contribution is -2.15. The van der Waals surface area contributed by atoms with E-state index >= 15 is 0 Å². The predicted octanol–water partition coefficient (Wildman–Crippen LogP) is 4.29. The van der Waals surface area contributed by atoms with Gasteiger partial charge in [0.1, 0.15) is 12.4 Å². The van der Waals surface area contributed by atoms with Gasteiger partial charge in [0.25, 0.3) is 0 Å². The van der Waals surface area contributed by atoms with Gasteiger partial charge in [-0.15, -0.1) is 0 Å². The smallest absolute Gasteiger partial charge is 0.178 e. The van der Waals surface area contributed by atoms with Gasteiger partial charge in [0, 0.05) is 11.5 Å². The first-order valence-corrected chi connectivity index (χ1v) is 9.37. The van der Waals surface area contributed by atoms with Crippen molar-refractivity contribution in [1.82, 2.24) is 0 Å². The standard InChI is InChI=1S/C22H30O4/c1-3-4-5-12-21(23)16(2)18-9-7-11-20(14-18)26-15-17-8-6-10-19(13-17)22(24)25/h6-11,13-14,16,21-25H,3-5,12,15H2,1-2H3. The number of aliphatic hydroxyl groups excluding tert-OH is 2. The van der Waals surface area contributed by atoms with Gasteiger partial charge in [0.2, 0.25) is 0 Å². The zero-order chi connectivity index (χ0) is 18.9. The van der Waals surface area contributed by atoms with Crippen LogP contribution in [0, 0.1) is 0 Å². The largest absolute Gasteiger partial charge is 0.489 e. The van der Waals surface area contributed by atoms with E-state index < -0.39 is 6.29 Å². The lowest BCUT2D eigenvalue weighted by atomic mass is 9.92. The summed E-state index contributed by atoms with van der Waals surface area (Å²) in [6, 6.07) is 14.9. The average Bonchev–Trinajstić information content (AvgIpc) is 2.66. The fourth-order valence-corrected chi connectivity index (χ4v) is 2.97. The normalized spacial score (nSPS) is 13.6. The molecule has 0 aliphatic heterocycles. The Bertz CT molecular complexity index is 669. The Morgan fingerprint density at radius 3 is 2.38 bits per heavy atom. The third kappa shape index (κ3) is 6.13. The van der Waals surface area contributed by atoms with E-state index in [9.17, 15) is 15.3 Å². The van der Waals surface area contributed by atoms with E-state index in [1.807, 2.05) is 37.3 Å². The van der Waals surface area contributed by atoms with Crippen molar-refractivity contribution in [3.05, 3.63) is 65.2 Å². The number of ether oxygens (including phenoxy) is 1. The molecule has 0 amide bonds. The topological polar surface area (TPSA) is 69.9 Å². The number of hydrogen-bond acceptors (Lipinski definition) is 4. The predicted molar refractivity (Wildman–Crippen MR) is 103 cm³/mol. The van der Waals surface area contributed by atoms with E-state index in [0.29, 0.717) is 12.2 Å². The summed E-state index contributed by atoms with van der Waals surface area (Å²) in [6.07, 6.45) is 2.34. The van der Waals surface area contributed by atoms with Crippen LogP contribution in [-0.2, 0) is 6.61 Å². The van der Waals surface area contributed by atoms with Crippen LogP contribution in [0.5, 0.6) is 5.75 Å². The summed E-state index contributed by atoms with van der Waals surface area (Å²) >= 11 is 0. The molecule has 0 bridgehead atoms. The quantitative estimate of drug-likeness (QED) is 0.438. The van der Waals surface area contributed by atoms with Crippen LogP contribution in [0.15, 0.2) is 48.5 Å². The van der Waals surface area contributed by atoms with Gasteiger partial charge in [-0.1, -0.05) is 63.4 Å². The fourth-order valence-electron chi connectivity index (χ4n) is 2.97. The second kappa shape index (κ2) is 10.3. The molecule has 0 saturated carbocycles. The van der Waals surface area contributed by atoms with Crippen molar-refractivity contribution in [1.29, 1.82) is 0 Å². The number of rotatable bonds is 10. The molecule has 142 valence electrons. The molecule has 4 nitrogen and oxygen atoms in total. The van der Waals surface area contributed by atoms with Crippen LogP contribution in [-0.4, -0.2) is 21.4 Å². The van der Waals surface area contributed by atoms with Gasteiger partial charge in [-0.3, -0.25) is 0 Å². The Kier molecular flexibility index (Phi) is 8.10. The lowest BCUT2D eigenvalue weighted by molar-refractivity contribution is -0.0425. The van der Waals surface area contributed by atoms with E-state index in [2.05, 4.69) is 6.92 Å². The molecule has 0 aromatic heterocycles. The van der Waals surface area contributed by atoms with E-state index in [1.165, 1.54) is 0 Å². The summed E-state index contributed by atoms with van der Waals surface area (Å²) in [5.41, 5.74) is 2.38. The van der Waals surface area contributed by atoms with Crippen LogP contribution < -0.4 is 4.74 Å². The molecular formula is C22H30O4. The van der Waals surface area contributed by atoms with Gasteiger partial charge >= 0.3 is 0 Å². The summed E-state index contributed by atoms with van der Waals surface area (Å²) in [7, 11) is 0. The fraction of sp³-hybridized carbons (Fsp3) is 0.455. The molecule has 0 aliphatic carbocycles. The second-order valence-electron chi connectivity index (χ2n) is 6.83. The molecular weight excluding hydrogens is 328 g/mol. The molecule has 2 rings (SSSR count). The molecule has 0 saturated heterocycles. The highest BCUT2D eigenvalue weighted by molar-refractivity contribution is 5.32. The number of hydrogen-bond donors (Lipinski definition) is 3. The first-order chi connectivity index (χ1) is 12.5. The average molecular weight is 358 g/mol. The van der Waals surface area contributed by atoms with Gasteiger partial charge in [-0.25, -0.2) is 0 Å². The van der Waals surface area contributed by atoms with Gasteiger partial charge < -0.3 is 20.1 Å². The van der Waals surface area contributed by atoms with Gasteiger partial charge in [0.15, 0.2) is 6.29 Å². The van der Waals surface area contributed by atoms with Crippen LogP contribution >= 0.6 is 0 Å². The first-order valence-electron chi connectivity index (χ1n) is 9.37. The Hall–Kier alpha value is -1.88. The second-order valence-corrected chi connectivity index (χ2v) is 6.83. The highest BCUT2D eigenvalue weighted by Gasteiger charge is 2.16. The molecule has 0 radical (unpaired) electrons. The highest BCUT2D eigenvalue weighted by atomic mass is 16.5. The molecule has 3 N–H and O–H groups in total. The molecule has 4 heteroatoms. The van der Waals surface area contributed by atoms with E-state index in [0.717, 1.165) is 42.6 Å². The Morgan fingerprint density at radius 2 is 1.65 bits per heavy atom. The van der Waals surface area contributed by atoms with E-state index in [4.69, 9.17) is 4.74 Å². The van der Waals surface area contributed by atoms with Crippen LogP contribution in [0.3, 0.4) is 0 Å². The first kappa shape index (κ1) is 20.4. The van der Waals surface area contributed by atoms with Crippen molar-refractivity contribution in [2.75, 3.05) is 0 Å². The zero-order valence-electron chi connectivity index (χ0n) is 15.6. The SMILES string of the molecule is CCCCCC(O)C(C)c1cccc(OCc2cccc(C(O)O)c2)c1. The van der Waals surface area contributed by atoms with Crippen LogP contribution in [0.2, 0.25) is 0 Å². The maximum atomic E-state index is 10.4. The van der Waals surface area contributed by atoms with Gasteiger partial charge in [-0.05, 0) is 35.7 Å². The minimum absolute atomic E-state index is 0.0586. The third-order valence-corrected chi connectivity index (χ3v) is 4.72. The van der Waals surface area contributed by atoms with Gasteiger partial charge in [-0.2, -0.15) is 0 Å². The monoisotopic (exact) mass is 358 g/mol. The molecule has 2 unspecified atom stereocenters. The summed E-state index contributed by atoms with van der Waals surface area (Å²) in [5.74, 6) is 0.799. The van der Waals surface area contributed by atoms with E-state index in [-0.39, 0.29) is 12.0 Å². The Balaban J connectivity index is 1.97. The van der Waals surface area contributed by atoms with Crippen molar-refractivity contribution in [2.45, 2.75) is 64.4 Å². The van der Waals surface area contributed by atoms with Crippen molar-refractivity contribution < 1.29 is 20.1 Å². The summed E-state index contributed by atoms with van der Waals surface area (Å²) in [5, 5.41) is 28.9. The molecule has 0 fully saturated rings. The lowest BCUT2D eigenvalue weighted by Gasteiger charge is -2.20. The molecule has 26 heavy (non-hydrogen) atoms. The van der Waals surface area contributed by atoms with E-state index in [1.54, 1.807) is 18.2 Å². The molecule has 0 spiro atoms. The highest BCUT2D eigenvalue weighted by Crippen LogP contribution is 2.26. The molecule has 2 aromatic carbocycles. The summed E-state index contributed by atoms with van der Waals surface area (Å²) in [4.78, 5) is 0. The van der Waals surface area contributed by atoms with Crippen LogP contribution in [0.4, 0.5) is 0 Å². The Labute approximate surface area is 156 Å². The van der Waals surface area contributed by atoms with Crippen LogP contribution in [0.25, 0.3) is 0 Å². The van der Waals surface area contributed by atoms with Crippen LogP contribution in [0.1, 0.15) is 68.4 Å². The van der Waals surface area contributed by atoms with Gasteiger partial charge in [0.05, 0.1) is 6.10 Å². The minimum atomic E-state index is -1.48. The number of aliphatic hydroxyl groups is 3. The van der Waals surface area contributed by atoms with Crippen molar-refractivity contribution >= 4 is 0 Å². The minimum Gasteiger partial charge on any atom is -0.489 e.